The Balaban J connectivity index is 1.37. The van der Waals surface area contributed by atoms with Gasteiger partial charge in [0.1, 0.15) is 5.75 Å². The Hall–Kier alpha value is -3.34. The van der Waals surface area contributed by atoms with Crippen molar-refractivity contribution in [2.75, 3.05) is 25.1 Å². The molecular weight excluding hydrogens is 508 g/mol. The molecule has 0 spiro atoms. The SMILES string of the molecule is COc1ccc2nc(N(Cc3ccccn3)C(=O)C3CCN(S(=O)(=O)c4ccc(C)cc4)CC3)sc2c1. The molecule has 2 aromatic heterocycles. The quantitative estimate of drug-likeness (QED) is 0.342. The van der Waals surface area contributed by atoms with E-state index in [1.54, 1.807) is 42.5 Å². The summed E-state index contributed by atoms with van der Waals surface area (Å²) in [4.78, 5) is 25.0. The summed E-state index contributed by atoms with van der Waals surface area (Å²) in [7, 11) is -1.98. The zero-order valence-corrected chi connectivity index (χ0v) is 22.3. The standard InChI is InChI=1S/C27H28N4O4S2/c1-19-6-9-23(10-7-19)37(33,34)30-15-12-20(13-16-30)26(32)31(18-21-5-3-4-14-28-21)27-29-24-11-8-22(35-2)17-25(24)36-27/h3-11,14,17,20H,12-13,15-16,18H2,1-2H3. The summed E-state index contributed by atoms with van der Waals surface area (Å²) >= 11 is 1.43. The van der Waals surface area contributed by atoms with Gasteiger partial charge in [0.15, 0.2) is 5.13 Å². The maximum atomic E-state index is 13.8. The van der Waals surface area contributed by atoms with E-state index in [9.17, 15) is 13.2 Å². The second kappa shape index (κ2) is 10.6. The van der Waals surface area contributed by atoms with Crippen LogP contribution in [0.4, 0.5) is 5.13 Å². The first-order valence-electron chi connectivity index (χ1n) is 12.1. The number of anilines is 1. The first-order valence-corrected chi connectivity index (χ1v) is 14.3. The van der Waals surface area contributed by atoms with Gasteiger partial charge >= 0.3 is 0 Å². The van der Waals surface area contributed by atoms with Gasteiger partial charge < -0.3 is 4.74 Å². The van der Waals surface area contributed by atoms with Crippen LogP contribution < -0.4 is 9.64 Å². The molecule has 0 aliphatic carbocycles. The smallest absolute Gasteiger partial charge is 0.243 e. The van der Waals surface area contributed by atoms with Crippen LogP contribution in [0, 0.1) is 12.8 Å². The molecule has 0 bridgehead atoms. The van der Waals surface area contributed by atoms with Gasteiger partial charge in [-0.3, -0.25) is 14.7 Å². The summed E-state index contributed by atoms with van der Waals surface area (Å²) in [6, 6.07) is 18.1. The average Bonchev–Trinajstić information content (AvgIpc) is 3.35. The molecule has 2 aromatic carbocycles. The summed E-state index contributed by atoms with van der Waals surface area (Å²) in [5, 5.41) is 0.591. The lowest BCUT2D eigenvalue weighted by atomic mass is 9.96. The summed E-state index contributed by atoms with van der Waals surface area (Å²) < 4.78 is 34.0. The Kier molecular flexibility index (Phi) is 7.23. The second-order valence-electron chi connectivity index (χ2n) is 9.07. The summed E-state index contributed by atoms with van der Waals surface area (Å²) in [5.41, 5.74) is 2.55. The Morgan fingerprint density at radius 3 is 2.54 bits per heavy atom. The van der Waals surface area contributed by atoms with Crippen molar-refractivity contribution in [2.24, 2.45) is 5.92 Å². The fourth-order valence-corrected chi connectivity index (χ4v) is 6.92. The van der Waals surface area contributed by atoms with E-state index in [4.69, 9.17) is 9.72 Å². The van der Waals surface area contributed by atoms with Crippen molar-refractivity contribution in [1.29, 1.82) is 0 Å². The number of benzene rings is 2. The minimum absolute atomic E-state index is 0.0657. The Labute approximate surface area is 220 Å². The Bertz CT molecular complexity index is 1500. The van der Waals surface area contributed by atoms with E-state index >= 15 is 0 Å². The summed E-state index contributed by atoms with van der Waals surface area (Å²) in [6.07, 6.45) is 2.60. The molecule has 0 unspecified atom stereocenters. The van der Waals surface area contributed by atoms with Crippen molar-refractivity contribution in [3.63, 3.8) is 0 Å². The molecule has 5 rings (SSSR count). The van der Waals surface area contributed by atoms with Gasteiger partial charge in [-0.05, 0) is 62.2 Å². The number of pyridine rings is 1. The van der Waals surface area contributed by atoms with Crippen LogP contribution in [-0.4, -0.2) is 48.8 Å². The maximum Gasteiger partial charge on any atom is 0.243 e. The van der Waals surface area contributed by atoms with Gasteiger partial charge in [-0.2, -0.15) is 4.31 Å². The number of carbonyl (C=O) groups excluding carboxylic acids is 1. The fourth-order valence-electron chi connectivity index (χ4n) is 4.45. The zero-order valence-electron chi connectivity index (χ0n) is 20.7. The van der Waals surface area contributed by atoms with Gasteiger partial charge in [0.2, 0.25) is 15.9 Å². The molecule has 0 saturated carbocycles. The molecule has 1 saturated heterocycles. The largest absolute Gasteiger partial charge is 0.497 e. The number of fused-ring (bicyclic) bond motifs is 1. The predicted octanol–water partition coefficient (Wildman–Crippen LogP) is 4.64. The first-order chi connectivity index (χ1) is 17.8. The monoisotopic (exact) mass is 536 g/mol. The molecular formula is C27H28N4O4S2. The van der Waals surface area contributed by atoms with Crippen LogP contribution in [-0.2, 0) is 21.4 Å². The van der Waals surface area contributed by atoms with Crippen LogP contribution >= 0.6 is 11.3 Å². The van der Waals surface area contributed by atoms with Crippen LogP contribution in [0.1, 0.15) is 24.1 Å². The van der Waals surface area contributed by atoms with E-state index in [0.29, 0.717) is 37.6 Å². The normalized spacial score (nSPS) is 15.1. The van der Waals surface area contributed by atoms with Crippen molar-refractivity contribution < 1.29 is 17.9 Å². The van der Waals surface area contributed by atoms with Crippen LogP contribution in [0.2, 0.25) is 0 Å². The van der Waals surface area contributed by atoms with Gasteiger partial charge in [0.05, 0.1) is 34.5 Å². The topological polar surface area (TPSA) is 92.7 Å². The maximum absolute atomic E-state index is 13.8. The van der Waals surface area contributed by atoms with Gasteiger partial charge in [0, 0.05) is 25.2 Å². The number of nitrogens with zero attached hydrogens (tertiary/aromatic N) is 4. The number of aromatic nitrogens is 2. The number of ether oxygens (including phenoxy) is 1. The van der Waals surface area contributed by atoms with Gasteiger partial charge in [-0.25, -0.2) is 13.4 Å². The lowest BCUT2D eigenvalue weighted by Gasteiger charge is -2.33. The van der Waals surface area contributed by atoms with E-state index in [2.05, 4.69) is 4.98 Å². The third-order valence-corrected chi connectivity index (χ3v) is 9.54. The molecule has 1 fully saturated rings. The number of piperidine rings is 1. The number of methoxy groups -OCH3 is 1. The number of amides is 1. The molecule has 192 valence electrons. The minimum atomic E-state index is -3.60. The number of hydrogen-bond donors (Lipinski definition) is 0. The Morgan fingerprint density at radius 1 is 1.11 bits per heavy atom. The number of carbonyl (C=O) groups is 1. The van der Waals surface area contributed by atoms with Crippen molar-refractivity contribution in [3.05, 3.63) is 78.1 Å². The van der Waals surface area contributed by atoms with E-state index in [1.165, 1.54) is 15.6 Å². The second-order valence-corrected chi connectivity index (χ2v) is 12.0. The molecule has 37 heavy (non-hydrogen) atoms. The van der Waals surface area contributed by atoms with Gasteiger partial charge in [0.25, 0.3) is 0 Å². The number of thiazole rings is 1. The molecule has 8 nitrogen and oxygen atoms in total. The molecule has 4 aromatic rings. The molecule has 0 N–H and O–H groups in total. The van der Waals surface area contributed by atoms with E-state index < -0.39 is 10.0 Å². The third kappa shape index (κ3) is 5.36. The average molecular weight is 537 g/mol. The highest BCUT2D eigenvalue weighted by Crippen LogP contribution is 2.34. The van der Waals surface area contributed by atoms with E-state index in [0.717, 1.165) is 27.2 Å². The predicted molar refractivity (Wildman–Crippen MR) is 144 cm³/mol. The number of aryl methyl sites for hydroxylation is 1. The van der Waals surface area contributed by atoms with Crippen molar-refractivity contribution in [2.45, 2.75) is 31.2 Å². The molecule has 3 heterocycles. The molecule has 10 heteroatoms. The fraction of sp³-hybridized carbons (Fsp3) is 0.296. The highest BCUT2D eigenvalue weighted by atomic mass is 32.2. The molecule has 0 radical (unpaired) electrons. The van der Waals surface area contributed by atoms with Crippen LogP contribution in [0.5, 0.6) is 5.75 Å². The summed E-state index contributed by atoms with van der Waals surface area (Å²) in [5.74, 6) is 0.353. The minimum Gasteiger partial charge on any atom is -0.497 e. The highest BCUT2D eigenvalue weighted by Gasteiger charge is 2.35. The number of sulfonamides is 1. The lowest BCUT2D eigenvalue weighted by molar-refractivity contribution is -0.123. The summed E-state index contributed by atoms with van der Waals surface area (Å²) in [6.45, 7) is 2.80. The van der Waals surface area contributed by atoms with Gasteiger partial charge in [-0.1, -0.05) is 35.1 Å². The number of hydrogen-bond acceptors (Lipinski definition) is 7. The first kappa shape index (κ1) is 25.3. The Morgan fingerprint density at radius 2 is 1.86 bits per heavy atom. The van der Waals surface area contributed by atoms with Crippen LogP contribution in [0.3, 0.4) is 0 Å². The van der Waals surface area contributed by atoms with Crippen molar-refractivity contribution >= 4 is 42.6 Å². The van der Waals surface area contributed by atoms with Crippen molar-refractivity contribution in [3.8, 4) is 5.75 Å². The molecule has 1 aliphatic heterocycles. The van der Waals surface area contributed by atoms with Crippen LogP contribution in [0.15, 0.2) is 71.8 Å². The van der Waals surface area contributed by atoms with E-state index in [-0.39, 0.29) is 16.7 Å². The van der Waals surface area contributed by atoms with Gasteiger partial charge in [-0.15, -0.1) is 0 Å². The van der Waals surface area contributed by atoms with Crippen molar-refractivity contribution in [1.82, 2.24) is 14.3 Å². The third-order valence-electron chi connectivity index (χ3n) is 6.59. The van der Waals surface area contributed by atoms with Crippen LogP contribution in [0.25, 0.3) is 10.2 Å². The van der Waals surface area contributed by atoms with E-state index in [1.807, 2.05) is 43.3 Å². The highest BCUT2D eigenvalue weighted by molar-refractivity contribution is 7.89. The molecule has 1 aliphatic rings. The molecule has 1 amide bonds. The lowest BCUT2D eigenvalue weighted by Crippen LogP contribution is -2.44. The number of rotatable bonds is 7. The zero-order chi connectivity index (χ0) is 26.0. The molecule has 0 atom stereocenters.